The molecule has 0 fully saturated rings. The third kappa shape index (κ3) is 6.13. The molecule has 1 rings (SSSR count). The number of carbonyl (C=O) groups is 1. The second-order valence-electron chi connectivity index (χ2n) is 5.66. The molecule has 0 bridgehead atoms. The van der Waals surface area contributed by atoms with Crippen molar-refractivity contribution >= 4 is 12.0 Å². The predicted molar refractivity (Wildman–Crippen MR) is 82.0 cm³/mol. The van der Waals surface area contributed by atoms with Gasteiger partial charge in [0.2, 0.25) is 0 Å². The lowest BCUT2D eigenvalue weighted by atomic mass is 9.90. The van der Waals surface area contributed by atoms with Crippen LogP contribution in [0.4, 0.5) is 0 Å². The van der Waals surface area contributed by atoms with E-state index >= 15 is 0 Å². The van der Waals surface area contributed by atoms with E-state index < -0.39 is 5.97 Å². The molecule has 0 radical (unpaired) electrons. The lowest BCUT2D eigenvalue weighted by molar-refractivity contribution is -0.131. The Morgan fingerprint density at radius 1 is 1.48 bits per heavy atom. The molecule has 0 saturated heterocycles. The molecule has 21 heavy (non-hydrogen) atoms. The molecule has 4 nitrogen and oxygen atoms in total. The average Bonchev–Trinajstić information content (AvgIpc) is 2.43. The molecule has 1 aromatic rings. The number of hydrogen-bond donors (Lipinski definition) is 1. The van der Waals surface area contributed by atoms with Gasteiger partial charge in [-0.1, -0.05) is 11.6 Å². The Bertz CT molecular complexity index is 568. The molecule has 0 aromatic heterocycles. The van der Waals surface area contributed by atoms with E-state index in [-0.39, 0.29) is 5.41 Å². The van der Waals surface area contributed by atoms with Crippen molar-refractivity contribution in [2.45, 2.75) is 33.6 Å². The summed E-state index contributed by atoms with van der Waals surface area (Å²) in [6, 6.07) is 7.91. The van der Waals surface area contributed by atoms with Crippen molar-refractivity contribution in [3.63, 3.8) is 0 Å². The molecule has 0 unspecified atom stereocenters. The molecule has 0 saturated carbocycles. The maximum Gasteiger partial charge on any atom is 0.328 e. The zero-order chi connectivity index (χ0) is 15.9. The fraction of sp³-hybridized carbons (Fsp3) is 0.412. The maximum atomic E-state index is 10.6. The van der Waals surface area contributed by atoms with Crippen LogP contribution in [0.3, 0.4) is 0 Å². The number of ether oxygens (including phenoxy) is 1. The highest BCUT2D eigenvalue weighted by molar-refractivity contribution is 5.85. The monoisotopic (exact) mass is 287 g/mol. The summed E-state index contributed by atoms with van der Waals surface area (Å²) >= 11 is 0. The third-order valence-corrected chi connectivity index (χ3v) is 3.08. The molecule has 1 N–H and O–H groups in total. The summed E-state index contributed by atoms with van der Waals surface area (Å²) in [5.74, 6) is -0.328. The first kappa shape index (κ1) is 16.8. The van der Waals surface area contributed by atoms with Crippen LogP contribution < -0.4 is 4.74 Å². The van der Waals surface area contributed by atoms with E-state index in [9.17, 15) is 4.79 Å². The van der Waals surface area contributed by atoms with Gasteiger partial charge in [-0.3, -0.25) is 0 Å². The van der Waals surface area contributed by atoms with Crippen LogP contribution in [-0.2, 0) is 4.79 Å². The van der Waals surface area contributed by atoms with Crippen LogP contribution in [0, 0.1) is 23.7 Å². The van der Waals surface area contributed by atoms with Crippen molar-refractivity contribution in [1.82, 2.24) is 0 Å². The normalized spacial score (nSPS) is 11.3. The Hall–Kier alpha value is -2.28. The van der Waals surface area contributed by atoms with E-state index in [0.29, 0.717) is 12.4 Å². The minimum absolute atomic E-state index is 0.345. The van der Waals surface area contributed by atoms with Gasteiger partial charge in [-0.15, -0.1) is 0 Å². The summed E-state index contributed by atoms with van der Waals surface area (Å²) < 4.78 is 5.71. The zero-order valence-electron chi connectivity index (χ0n) is 12.7. The SMILES string of the molecule is Cc1ccc(OCCCC(C)(C)C#N)c(C=CC(=O)O)c1. The molecule has 0 amide bonds. The van der Waals surface area contributed by atoms with Crippen LogP contribution in [0.2, 0.25) is 0 Å². The highest BCUT2D eigenvalue weighted by Gasteiger charge is 2.15. The number of rotatable bonds is 7. The van der Waals surface area contributed by atoms with Gasteiger partial charge in [0, 0.05) is 11.6 Å². The molecule has 0 aliphatic rings. The van der Waals surface area contributed by atoms with E-state index in [1.54, 1.807) is 0 Å². The van der Waals surface area contributed by atoms with Gasteiger partial charge in [0.25, 0.3) is 0 Å². The Morgan fingerprint density at radius 2 is 2.19 bits per heavy atom. The van der Waals surface area contributed by atoms with Crippen molar-refractivity contribution < 1.29 is 14.6 Å². The predicted octanol–water partition coefficient (Wildman–Crippen LogP) is 3.80. The number of hydrogen-bond acceptors (Lipinski definition) is 3. The van der Waals surface area contributed by atoms with Crippen LogP contribution >= 0.6 is 0 Å². The first-order chi connectivity index (χ1) is 9.84. The summed E-state index contributed by atoms with van der Waals surface area (Å²) in [4.78, 5) is 10.6. The number of aryl methyl sites for hydroxylation is 1. The van der Waals surface area contributed by atoms with Crippen molar-refractivity contribution in [3.05, 3.63) is 35.4 Å². The quantitative estimate of drug-likeness (QED) is 0.611. The molecule has 0 heterocycles. The van der Waals surface area contributed by atoms with Gasteiger partial charge in [-0.25, -0.2) is 4.79 Å². The van der Waals surface area contributed by atoms with Crippen molar-refractivity contribution in [1.29, 1.82) is 5.26 Å². The number of nitrogens with zero attached hydrogens (tertiary/aromatic N) is 1. The standard InChI is InChI=1S/C17H21NO3/c1-13-5-7-15(14(11-13)6-8-16(19)20)21-10-4-9-17(2,3)12-18/h5-8,11H,4,9-10H2,1-3H3,(H,19,20). The zero-order valence-corrected chi connectivity index (χ0v) is 12.7. The maximum absolute atomic E-state index is 10.6. The van der Waals surface area contributed by atoms with Crippen LogP contribution in [0.5, 0.6) is 5.75 Å². The molecule has 0 aliphatic carbocycles. The number of carboxylic acids is 1. The minimum Gasteiger partial charge on any atom is -0.493 e. The van der Waals surface area contributed by atoms with Crippen molar-refractivity contribution in [2.24, 2.45) is 5.41 Å². The Labute approximate surface area is 125 Å². The lowest BCUT2D eigenvalue weighted by Gasteiger charge is -2.15. The number of carboxylic acid groups (broad SMARTS) is 1. The first-order valence-corrected chi connectivity index (χ1v) is 6.90. The number of benzene rings is 1. The topological polar surface area (TPSA) is 70.3 Å². The van der Waals surface area contributed by atoms with E-state index in [1.807, 2.05) is 39.0 Å². The summed E-state index contributed by atoms with van der Waals surface area (Å²) in [7, 11) is 0. The summed E-state index contributed by atoms with van der Waals surface area (Å²) in [5.41, 5.74) is 1.44. The largest absolute Gasteiger partial charge is 0.493 e. The number of nitriles is 1. The summed E-state index contributed by atoms with van der Waals surface area (Å²) in [6.45, 7) is 6.25. The lowest BCUT2D eigenvalue weighted by Crippen LogP contribution is -2.10. The van der Waals surface area contributed by atoms with Gasteiger partial charge < -0.3 is 9.84 Å². The van der Waals surface area contributed by atoms with E-state index in [2.05, 4.69) is 6.07 Å². The molecule has 0 spiro atoms. The fourth-order valence-corrected chi connectivity index (χ4v) is 1.84. The molecule has 1 aromatic carbocycles. The fourth-order valence-electron chi connectivity index (χ4n) is 1.84. The highest BCUT2D eigenvalue weighted by atomic mass is 16.5. The molecule has 0 aliphatic heterocycles. The van der Waals surface area contributed by atoms with E-state index in [1.165, 1.54) is 6.08 Å². The molecular formula is C17H21NO3. The highest BCUT2D eigenvalue weighted by Crippen LogP contribution is 2.24. The van der Waals surface area contributed by atoms with Gasteiger partial charge in [0.15, 0.2) is 0 Å². The molecule has 4 heteroatoms. The van der Waals surface area contributed by atoms with Crippen LogP contribution in [-0.4, -0.2) is 17.7 Å². The Morgan fingerprint density at radius 3 is 2.81 bits per heavy atom. The summed E-state index contributed by atoms with van der Waals surface area (Å²) in [5, 5.41) is 17.7. The van der Waals surface area contributed by atoms with Crippen LogP contribution in [0.15, 0.2) is 24.3 Å². The van der Waals surface area contributed by atoms with Gasteiger partial charge >= 0.3 is 5.97 Å². The third-order valence-electron chi connectivity index (χ3n) is 3.08. The second-order valence-corrected chi connectivity index (χ2v) is 5.66. The van der Waals surface area contributed by atoms with Crippen molar-refractivity contribution in [2.75, 3.05) is 6.61 Å². The number of aliphatic carboxylic acids is 1. The van der Waals surface area contributed by atoms with Crippen molar-refractivity contribution in [3.8, 4) is 11.8 Å². The smallest absolute Gasteiger partial charge is 0.328 e. The molecular weight excluding hydrogens is 266 g/mol. The van der Waals surface area contributed by atoms with Crippen LogP contribution in [0.25, 0.3) is 6.08 Å². The Balaban J connectivity index is 2.67. The average molecular weight is 287 g/mol. The van der Waals surface area contributed by atoms with Gasteiger partial charge in [-0.2, -0.15) is 5.26 Å². The van der Waals surface area contributed by atoms with Crippen LogP contribution in [0.1, 0.15) is 37.8 Å². The summed E-state index contributed by atoms with van der Waals surface area (Å²) in [6.07, 6.45) is 4.16. The Kier molecular flexibility index (Phi) is 5.98. The van der Waals surface area contributed by atoms with E-state index in [4.69, 9.17) is 15.1 Å². The van der Waals surface area contributed by atoms with E-state index in [0.717, 1.165) is 30.0 Å². The minimum atomic E-state index is -0.988. The molecule has 0 atom stereocenters. The first-order valence-electron chi connectivity index (χ1n) is 6.90. The molecule has 112 valence electrons. The second kappa shape index (κ2) is 7.49. The van der Waals surface area contributed by atoms with Gasteiger partial charge in [0.05, 0.1) is 18.1 Å². The van der Waals surface area contributed by atoms with Gasteiger partial charge in [0.1, 0.15) is 5.75 Å². The van der Waals surface area contributed by atoms with Gasteiger partial charge in [-0.05, 0) is 51.8 Å².